The molecule has 0 atom stereocenters. The molecule has 0 aromatic heterocycles. The van der Waals surface area contributed by atoms with E-state index in [0.717, 1.165) is 37.8 Å². The van der Waals surface area contributed by atoms with Crippen LogP contribution >= 0.6 is 0 Å². The van der Waals surface area contributed by atoms with E-state index in [1.54, 1.807) is 0 Å². The lowest BCUT2D eigenvalue weighted by atomic mass is 9.78. The number of hydrogen-bond acceptors (Lipinski definition) is 2. The smallest absolute Gasteiger partial charge is 0.0771 e. The van der Waals surface area contributed by atoms with Gasteiger partial charge in [-0.25, -0.2) is 0 Å². The quantitative estimate of drug-likeness (QED) is 0.670. The first kappa shape index (κ1) is 15.0. The summed E-state index contributed by atoms with van der Waals surface area (Å²) in [5.74, 6) is 1.65. The molecule has 1 saturated carbocycles. The molecule has 0 unspecified atom stereocenters. The first-order valence-electron chi connectivity index (χ1n) is 7.49. The minimum atomic E-state index is -0.413. The van der Waals surface area contributed by atoms with Gasteiger partial charge in [0.15, 0.2) is 0 Å². The van der Waals surface area contributed by atoms with Crippen molar-refractivity contribution in [1.29, 1.82) is 0 Å². The van der Waals surface area contributed by atoms with E-state index in [1.165, 1.54) is 32.1 Å². The summed E-state index contributed by atoms with van der Waals surface area (Å²) in [4.78, 5) is 0. The minimum absolute atomic E-state index is 0.413. The molecular formula is C15H31NO. The molecule has 0 radical (unpaired) electrons. The van der Waals surface area contributed by atoms with Gasteiger partial charge in [-0.05, 0) is 56.9 Å². The van der Waals surface area contributed by atoms with E-state index in [1.807, 2.05) is 0 Å². The lowest BCUT2D eigenvalue weighted by molar-refractivity contribution is -0.00849. The highest BCUT2D eigenvalue weighted by Crippen LogP contribution is 2.33. The maximum absolute atomic E-state index is 10.4. The fourth-order valence-corrected chi connectivity index (χ4v) is 2.76. The van der Waals surface area contributed by atoms with Gasteiger partial charge in [-0.1, -0.05) is 27.2 Å². The van der Waals surface area contributed by atoms with Gasteiger partial charge < -0.3 is 10.4 Å². The van der Waals surface area contributed by atoms with Crippen molar-refractivity contribution in [3.8, 4) is 0 Å². The Kier molecular flexibility index (Phi) is 6.50. The Morgan fingerprint density at radius 3 is 2.47 bits per heavy atom. The average molecular weight is 241 g/mol. The molecule has 2 heteroatoms. The van der Waals surface area contributed by atoms with Crippen molar-refractivity contribution in [2.24, 2.45) is 11.8 Å². The van der Waals surface area contributed by atoms with Crippen LogP contribution in [-0.4, -0.2) is 23.8 Å². The Hall–Kier alpha value is -0.0800. The molecule has 0 saturated heterocycles. The van der Waals surface area contributed by atoms with Crippen LogP contribution in [0.25, 0.3) is 0 Å². The van der Waals surface area contributed by atoms with Crippen LogP contribution in [-0.2, 0) is 0 Å². The van der Waals surface area contributed by atoms with E-state index in [2.05, 4.69) is 26.1 Å². The molecule has 0 aromatic carbocycles. The SMILES string of the molecule is CCC1CCC(O)(CNCCCC(C)C)CC1. The van der Waals surface area contributed by atoms with Crippen LogP contribution in [0.2, 0.25) is 0 Å². The predicted molar refractivity (Wildman–Crippen MR) is 74.1 cm³/mol. The molecule has 0 spiro atoms. The third kappa shape index (κ3) is 5.87. The van der Waals surface area contributed by atoms with Gasteiger partial charge in [-0.2, -0.15) is 0 Å². The zero-order valence-corrected chi connectivity index (χ0v) is 12.0. The summed E-state index contributed by atoms with van der Waals surface area (Å²) in [6.07, 6.45) is 8.18. The zero-order valence-electron chi connectivity index (χ0n) is 12.0. The van der Waals surface area contributed by atoms with Crippen LogP contribution in [0.5, 0.6) is 0 Å². The lowest BCUT2D eigenvalue weighted by Crippen LogP contribution is -2.43. The van der Waals surface area contributed by atoms with Crippen LogP contribution in [0.3, 0.4) is 0 Å². The second-order valence-corrected chi connectivity index (χ2v) is 6.29. The van der Waals surface area contributed by atoms with E-state index in [-0.39, 0.29) is 0 Å². The summed E-state index contributed by atoms with van der Waals surface area (Å²) in [7, 11) is 0. The summed E-state index contributed by atoms with van der Waals surface area (Å²) in [6.45, 7) is 8.64. The fourth-order valence-electron chi connectivity index (χ4n) is 2.76. The van der Waals surface area contributed by atoms with E-state index in [4.69, 9.17) is 0 Å². The topological polar surface area (TPSA) is 32.3 Å². The molecule has 2 nitrogen and oxygen atoms in total. The molecule has 0 aromatic rings. The Bertz CT molecular complexity index is 195. The van der Waals surface area contributed by atoms with Crippen LogP contribution in [0.1, 0.15) is 65.7 Å². The van der Waals surface area contributed by atoms with Gasteiger partial charge >= 0.3 is 0 Å². The van der Waals surface area contributed by atoms with Gasteiger partial charge in [0.25, 0.3) is 0 Å². The molecular weight excluding hydrogens is 210 g/mol. The van der Waals surface area contributed by atoms with Gasteiger partial charge in [0, 0.05) is 6.54 Å². The minimum Gasteiger partial charge on any atom is -0.389 e. The summed E-state index contributed by atoms with van der Waals surface area (Å²) < 4.78 is 0. The Balaban J connectivity index is 2.10. The zero-order chi connectivity index (χ0) is 12.7. The maximum atomic E-state index is 10.4. The molecule has 1 fully saturated rings. The van der Waals surface area contributed by atoms with Crippen molar-refractivity contribution in [3.63, 3.8) is 0 Å². The first-order chi connectivity index (χ1) is 8.06. The summed E-state index contributed by atoms with van der Waals surface area (Å²) in [6, 6.07) is 0. The molecule has 0 bridgehead atoms. The van der Waals surface area contributed by atoms with Crippen LogP contribution in [0.4, 0.5) is 0 Å². The molecule has 0 amide bonds. The molecule has 17 heavy (non-hydrogen) atoms. The normalized spacial score (nSPS) is 29.8. The first-order valence-corrected chi connectivity index (χ1v) is 7.49. The summed E-state index contributed by atoms with van der Waals surface area (Å²) in [5, 5.41) is 13.9. The van der Waals surface area contributed by atoms with Gasteiger partial charge in [0.05, 0.1) is 5.60 Å². The van der Waals surface area contributed by atoms with Crippen LogP contribution < -0.4 is 5.32 Å². The summed E-state index contributed by atoms with van der Waals surface area (Å²) in [5.41, 5.74) is -0.413. The fraction of sp³-hybridized carbons (Fsp3) is 1.00. The molecule has 0 aliphatic heterocycles. The third-order valence-corrected chi connectivity index (χ3v) is 4.20. The number of hydrogen-bond donors (Lipinski definition) is 2. The standard InChI is InChI=1S/C15H31NO/c1-4-14-7-9-15(17,10-8-14)12-16-11-5-6-13(2)3/h13-14,16-17H,4-12H2,1-3H3. The molecule has 1 aliphatic rings. The molecule has 0 heterocycles. The highest BCUT2D eigenvalue weighted by atomic mass is 16.3. The molecule has 1 rings (SSSR count). The molecule has 2 N–H and O–H groups in total. The van der Waals surface area contributed by atoms with E-state index < -0.39 is 5.60 Å². The van der Waals surface area contributed by atoms with Crippen molar-refractivity contribution in [3.05, 3.63) is 0 Å². The van der Waals surface area contributed by atoms with Gasteiger partial charge in [-0.15, -0.1) is 0 Å². The van der Waals surface area contributed by atoms with Gasteiger partial charge in [0.2, 0.25) is 0 Å². The van der Waals surface area contributed by atoms with E-state index in [9.17, 15) is 5.11 Å². The maximum Gasteiger partial charge on any atom is 0.0771 e. The van der Waals surface area contributed by atoms with Crippen LogP contribution in [0.15, 0.2) is 0 Å². The highest BCUT2D eigenvalue weighted by Gasteiger charge is 2.31. The Morgan fingerprint density at radius 1 is 1.29 bits per heavy atom. The molecule has 1 aliphatic carbocycles. The average Bonchev–Trinajstić information content (AvgIpc) is 2.29. The van der Waals surface area contributed by atoms with Gasteiger partial charge in [-0.3, -0.25) is 0 Å². The Labute approximate surface area is 107 Å². The van der Waals surface area contributed by atoms with Crippen molar-refractivity contribution in [2.75, 3.05) is 13.1 Å². The monoisotopic (exact) mass is 241 g/mol. The van der Waals surface area contributed by atoms with E-state index in [0.29, 0.717) is 0 Å². The van der Waals surface area contributed by atoms with E-state index >= 15 is 0 Å². The number of aliphatic hydroxyl groups is 1. The van der Waals surface area contributed by atoms with Crippen molar-refractivity contribution < 1.29 is 5.11 Å². The predicted octanol–water partition coefficient (Wildman–Crippen LogP) is 3.34. The van der Waals surface area contributed by atoms with Crippen LogP contribution in [0, 0.1) is 11.8 Å². The number of rotatable bonds is 7. The van der Waals surface area contributed by atoms with Crippen molar-refractivity contribution >= 4 is 0 Å². The molecule has 102 valence electrons. The largest absolute Gasteiger partial charge is 0.389 e. The highest BCUT2D eigenvalue weighted by molar-refractivity contribution is 4.86. The van der Waals surface area contributed by atoms with Crippen molar-refractivity contribution in [2.45, 2.75) is 71.3 Å². The van der Waals surface area contributed by atoms with Crippen molar-refractivity contribution in [1.82, 2.24) is 5.32 Å². The van der Waals surface area contributed by atoms with Gasteiger partial charge in [0.1, 0.15) is 0 Å². The number of nitrogens with one attached hydrogen (secondary N) is 1. The third-order valence-electron chi connectivity index (χ3n) is 4.20. The lowest BCUT2D eigenvalue weighted by Gasteiger charge is -2.36. The second kappa shape index (κ2) is 7.38. The Morgan fingerprint density at radius 2 is 1.94 bits per heavy atom. The summed E-state index contributed by atoms with van der Waals surface area (Å²) >= 11 is 0. The second-order valence-electron chi connectivity index (χ2n) is 6.29.